The van der Waals surface area contributed by atoms with Crippen LogP contribution in [0, 0.1) is 0 Å². The first-order valence-corrected chi connectivity index (χ1v) is 18.9. The maximum absolute atomic E-state index is 13.8. The van der Waals surface area contributed by atoms with Gasteiger partial charge in [0.05, 0.1) is 17.7 Å². The monoisotopic (exact) mass is 708 g/mol. The summed E-state index contributed by atoms with van der Waals surface area (Å²) in [5.74, 6) is 0.940. The third-order valence-electron chi connectivity index (χ3n) is 10.6. The lowest BCUT2D eigenvalue weighted by molar-refractivity contribution is -0.123. The van der Waals surface area contributed by atoms with Crippen molar-refractivity contribution in [2.45, 2.75) is 130 Å². The van der Waals surface area contributed by atoms with Gasteiger partial charge in [0.2, 0.25) is 0 Å². The van der Waals surface area contributed by atoms with E-state index in [1.807, 2.05) is 19.9 Å². The molecule has 11 heteroatoms. The van der Waals surface area contributed by atoms with E-state index in [0.29, 0.717) is 40.5 Å². The standard InChI is InChI=1S/C41H56N8O3/c1-10-14-15-16-23-42-36-34-37(44-25-43-36)48(26-45-34)35-27(5)47-49(39(35)51)30-20-18-29(19-21-30)46-38(50)32(11-2)52-33-22-17-28(40(6,7)12-3)24-31(33)41(8,9)13-4/h17-22,24-26,32,35H,10-16,23H2,1-9H3,(H,46,50)(H,42,43,44). The number of carbonyl (C=O) groups excluding carboxylic acids is 2. The molecule has 0 aliphatic carbocycles. The molecule has 0 saturated heterocycles. The fraction of sp³-hybridized carbons (Fsp3) is 0.512. The first-order chi connectivity index (χ1) is 24.8. The normalized spacial score (nSPS) is 15.6. The quantitative estimate of drug-likeness (QED) is 0.105. The molecule has 2 aromatic heterocycles. The lowest BCUT2D eigenvalue weighted by Gasteiger charge is -2.31. The number of amides is 2. The molecule has 0 saturated carbocycles. The van der Waals surface area contributed by atoms with Gasteiger partial charge in [0.25, 0.3) is 11.8 Å². The lowest BCUT2D eigenvalue weighted by Crippen LogP contribution is -2.33. The van der Waals surface area contributed by atoms with Crippen LogP contribution in [0.15, 0.2) is 60.2 Å². The van der Waals surface area contributed by atoms with Crippen LogP contribution in [0.4, 0.5) is 17.2 Å². The maximum atomic E-state index is 13.8. The number of hydrogen-bond acceptors (Lipinski definition) is 8. The predicted octanol–water partition coefficient (Wildman–Crippen LogP) is 8.95. The second-order valence-corrected chi connectivity index (χ2v) is 15.1. The molecule has 0 bridgehead atoms. The third-order valence-corrected chi connectivity index (χ3v) is 10.6. The van der Waals surface area contributed by atoms with Crippen LogP contribution < -0.4 is 20.4 Å². The van der Waals surface area contributed by atoms with Crippen LogP contribution in [0.2, 0.25) is 0 Å². The third kappa shape index (κ3) is 8.13. The second-order valence-electron chi connectivity index (χ2n) is 15.1. The zero-order valence-electron chi connectivity index (χ0n) is 32.4. The van der Waals surface area contributed by atoms with Crippen molar-refractivity contribution in [3.8, 4) is 5.75 Å². The SMILES string of the molecule is CCCCCCNc1ncnc2c1ncn2C1C(=O)N(c2ccc(NC(=O)C(CC)Oc3ccc(C(C)(C)CC)cc3C(C)(C)CC)cc2)N=C1C. The van der Waals surface area contributed by atoms with Crippen molar-refractivity contribution in [3.05, 3.63) is 66.2 Å². The number of unbranched alkanes of at least 4 members (excludes halogenated alkanes) is 3. The highest BCUT2D eigenvalue weighted by Crippen LogP contribution is 2.39. The number of benzene rings is 2. The molecule has 5 rings (SSSR count). The Kier molecular flexibility index (Phi) is 12.0. The first-order valence-electron chi connectivity index (χ1n) is 18.9. The summed E-state index contributed by atoms with van der Waals surface area (Å²) in [7, 11) is 0. The number of nitrogens with zero attached hydrogens (tertiary/aromatic N) is 6. The average molecular weight is 709 g/mol. The van der Waals surface area contributed by atoms with E-state index in [2.05, 4.69) is 91.3 Å². The molecular formula is C41H56N8O3. The van der Waals surface area contributed by atoms with E-state index in [1.54, 1.807) is 35.2 Å². The van der Waals surface area contributed by atoms with Crippen molar-refractivity contribution < 1.29 is 14.3 Å². The summed E-state index contributed by atoms with van der Waals surface area (Å²) in [6, 6.07) is 12.8. The summed E-state index contributed by atoms with van der Waals surface area (Å²) < 4.78 is 8.22. The molecule has 278 valence electrons. The average Bonchev–Trinajstić information content (AvgIpc) is 3.70. The Labute approximate surface area is 308 Å². The molecule has 1 aliphatic rings. The molecule has 2 unspecified atom stereocenters. The maximum Gasteiger partial charge on any atom is 0.276 e. The van der Waals surface area contributed by atoms with Gasteiger partial charge in [0.15, 0.2) is 23.6 Å². The van der Waals surface area contributed by atoms with E-state index in [0.717, 1.165) is 43.5 Å². The molecule has 3 heterocycles. The molecule has 0 fully saturated rings. The van der Waals surface area contributed by atoms with Gasteiger partial charge in [-0.15, -0.1) is 0 Å². The number of anilines is 3. The van der Waals surface area contributed by atoms with E-state index >= 15 is 0 Å². The number of hydrazone groups is 1. The minimum atomic E-state index is -0.691. The van der Waals surface area contributed by atoms with Gasteiger partial charge in [0, 0.05) is 17.8 Å². The van der Waals surface area contributed by atoms with Gasteiger partial charge >= 0.3 is 0 Å². The molecule has 2 N–H and O–H groups in total. The summed E-state index contributed by atoms with van der Waals surface area (Å²) in [5, 5.41) is 12.4. The number of hydrogen-bond donors (Lipinski definition) is 2. The number of aromatic nitrogens is 4. The fourth-order valence-electron chi connectivity index (χ4n) is 6.35. The number of nitrogens with one attached hydrogen (secondary N) is 2. The minimum Gasteiger partial charge on any atom is -0.480 e. The van der Waals surface area contributed by atoms with E-state index in [4.69, 9.17) is 4.74 Å². The highest BCUT2D eigenvalue weighted by Gasteiger charge is 2.37. The molecule has 11 nitrogen and oxygen atoms in total. The molecule has 2 amide bonds. The molecule has 2 aromatic carbocycles. The van der Waals surface area contributed by atoms with Crippen molar-refractivity contribution in [3.63, 3.8) is 0 Å². The van der Waals surface area contributed by atoms with Crippen molar-refractivity contribution in [2.24, 2.45) is 5.10 Å². The van der Waals surface area contributed by atoms with Gasteiger partial charge in [-0.2, -0.15) is 10.1 Å². The Hall–Kier alpha value is -4.80. The van der Waals surface area contributed by atoms with E-state index < -0.39 is 12.1 Å². The van der Waals surface area contributed by atoms with Crippen molar-refractivity contribution in [2.75, 3.05) is 22.2 Å². The lowest BCUT2D eigenvalue weighted by atomic mass is 9.76. The van der Waals surface area contributed by atoms with Gasteiger partial charge in [-0.25, -0.2) is 15.0 Å². The number of ether oxygens (including phenoxy) is 1. The van der Waals surface area contributed by atoms with E-state index in [-0.39, 0.29) is 22.6 Å². The van der Waals surface area contributed by atoms with Crippen LogP contribution in [0.5, 0.6) is 5.75 Å². The first kappa shape index (κ1) is 38.4. The number of carbonyl (C=O) groups is 2. The number of rotatable bonds is 17. The summed E-state index contributed by atoms with van der Waals surface area (Å²) >= 11 is 0. The minimum absolute atomic E-state index is 0.0346. The van der Waals surface area contributed by atoms with Gasteiger partial charge in [-0.3, -0.25) is 14.2 Å². The van der Waals surface area contributed by atoms with Crippen LogP contribution in [0.25, 0.3) is 11.2 Å². The Morgan fingerprint density at radius 3 is 2.33 bits per heavy atom. The largest absolute Gasteiger partial charge is 0.480 e. The zero-order valence-corrected chi connectivity index (χ0v) is 32.4. The molecule has 0 spiro atoms. The van der Waals surface area contributed by atoms with Crippen LogP contribution >= 0.6 is 0 Å². The Bertz CT molecular complexity index is 1900. The fourth-order valence-corrected chi connectivity index (χ4v) is 6.35. The van der Waals surface area contributed by atoms with Gasteiger partial charge in [-0.1, -0.05) is 86.8 Å². The van der Waals surface area contributed by atoms with Crippen molar-refractivity contribution >= 4 is 45.9 Å². The zero-order chi connectivity index (χ0) is 37.6. The summed E-state index contributed by atoms with van der Waals surface area (Å²) in [6.07, 6.45) is 9.47. The Balaban J connectivity index is 1.27. The second kappa shape index (κ2) is 16.3. The summed E-state index contributed by atoms with van der Waals surface area (Å²) in [5.41, 5.74) is 5.28. The van der Waals surface area contributed by atoms with Gasteiger partial charge in [0.1, 0.15) is 17.6 Å². The highest BCUT2D eigenvalue weighted by molar-refractivity contribution is 6.17. The van der Waals surface area contributed by atoms with Gasteiger partial charge < -0.3 is 15.4 Å². The Morgan fingerprint density at radius 1 is 0.923 bits per heavy atom. The predicted molar refractivity (Wildman–Crippen MR) is 210 cm³/mol. The molecule has 1 aliphatic heterocycles. The van der Waals surface area contributed by atoms with Crippen LogP contribution in [0.3, 0.4) is 0 Å². The Morgan fingerprint density at radius 2 is 1.65 bits per heavy atom. The summed E-state index contributed by atoms with van der Waals surface area (Å²) in [6.45, 7) is 20.1. The smallest absolute Gasteiger partial charge is 0.276 e. The molecule has 0 radical (unpaired) electrons. The van der Waals surface area contributed by atoms with E-state index in [9.17, 15) is 9.59 Å². The molecular weight excluding hydrogens is 653 g/mol. The van der Waals surface area contributed by atoms with Crippen LogP contribution in [-0.4, -0.2) is 49.7 Å². The molecule has 4 aromatic rings. The highest BCUT2D eigenvalue weighted by atomic mass is 16.5. The molecule has 2 atom stereocenters. The van der Waals surface area contributed by atoms with Crippen molar-refractivity contribution in [1.82, 2.24) is 19.5 Å². The topological polar surface area (TPSA) is 127 Å². The number of imidazole rings is 1. The summed E-state index contributed by atoms with van der Waals surface area (Å²) in [4.78, 5) is 40.8. The number of fused-ring (bicyclic) bond motifs is 1. The van der Waals surface area contributed by atoms with Crippen LogP contribution in [0.1, 0.15) is 124 Å². The van der Waals surface area contributed by atoms with E-state index in [1.165, 1.54) is 29.7 Å². The molecule has 52 heavy (non-hydrogen) atoms. The van der Waals surface area contributed by atoms with Crippen molar-refractivity contribution in [1.29, 1.82) is 0 Å². The van der Waals surface area contributed by atoms with Crippen LogP contribution in [-0.2, 0) is 20.4 Å². The van der Waals surface area contributed by atoms with Gasteiger partial charge in [-0.05, 0) is 79.3 Å².